The Kier molecular flexibility index (Phi) is 6.83. The molecule has 1 heterocycles. The molecule has 6 nitrogen and oxygen atoms in total. The third-order valence-corrected chi connectivity index (χ3v) is 6.98. The smallest absolute Gasteiger partial charge is 0.409 e. The summed E-state index contributed by atoms with van der Waals surface area (Å²) in [4.78, 5) is 27.6. The highest BCUT2D eigenvalue weighted by molar-refractivity contribution is 7.97. The SMILES string of the molecule is CCOC(=O)N1CCC(NSc2ccc(NC(=O)c3ccccc3C)c3c2CCC3)C1. The molecule has 1 atom stereocenters. The largest absolute Gasteiger partial charge is 0.450 e. The lowest BCUT2D eigenvalue weighted by Crippen LogP contribution is -2.33. The van der Waals surface area contributed by atoms with Crippen molar-refractivity contribution in [1.29, 1.82) is 0 Å². The molecule has 31 heavy (non-hydrogen) atoms. The molecule has 164 valence electrons. The summed E-state index contributed by atoms with van der Waals surface area (Å²) in [7, 11) is 0. The number of hydrogen-bond acceptors (Lipinski definition) is 5. The summed E-state index contributed by atoms with van der Waals surface area (Å²) in [5.74, 6) is -0.0595. The summed E-state index contributed by atoms with van der Waals surface area (Å²) >= 11 is 1.64. The number of likely N-dealkylation sites (tertiary alicyclic amines) is 1. The number of carbonyl (C=O) groups is 2. The molecular weight excluding hydrogens is 410 g/mol. The van der Waals surface area contributed by atoms with Gasteiger partial charge in [0.2, 0.25) is 0 Å². The summed E-state index contributed by atoms with van der Waals surface area (Å²) in [6.07, 6.45) is 3.78. The fourth-order valence-electron chi connectivity index (χ4n) is 4.29. The van der Waals surface area contributed by atoms with Crippen LogP contribution in [0, 0.1) is 6.92 Å². The Balaban J connectivity index is 1.41. The van der Waals surface area contributed by atoms with Crippen LogP contribution in [0.5, 0.6) is 0 Å². The van der Waals surface area contributed by atoms with E-state index in [9.17, 15) is 9.59 Å². The molecule has 1 fully saturated rings. The molecule has 0 radical (unpaired) electrons. The van der Waals surface area contributed by atoms with Gasteiger partial charge in [-0.3, -0.25) is 9.52 Å². The van der Waals surface area contributed by atoms with Gasteiger partial charge in [-0.05, 0) is 86.4 Å². The first-order valence-corrected chi connectivity index (χ1v) is 11.7. The quantitative estimate of drug-likeness (QED) is 0.646. The fourth-order valence-corrected chi connectivity index (χ4v) is 5.26. The van der Waals surface area contributed by atoms with Crippen molar-refractivity contribution in [3.8, 4) is 0 Å². The van der Waals surface area contributed by atoms with Crippen molar-refractivity contribution in [2.75, 3.05) is 25.0 Å². The maximum Gasteiger partial charge on any atom is 0.409 e. The van der Waals surface area contributed by atoms with Crippen LogP contribution in [0.2, 0.25) is 0 Å². The Hall–Kier alpha value is -2.51. The van der Waals surface area contributed by atoms with E-state index >= 15 is 0 Å². The van der Waals surface area contributed by atoms with Crippen LogP contribution in [0.1, 0.15) is 46.8 Å². The Bertz CT molecular complexity index is 979. The van der Waals surface area contributed by atoms with Gasteiger partial charge in [0.1, 0.15) is 0 Å². The van der Waals surface area contributed by atoms with Gasteiger partial charge in [-0.15, -0.1) is 0 Å². The minimum absolute atomic E-state index is 0.0595. The number of amides is 2. The van der Waals surface area contributed by atoms with Crippen molar-refractivity contribution in [3.63, 3.8) is 0 Å². The van der Waals surface area contributed by atoms with Gasteiger partial charge in [0.25, 0.3) is 5.91 Å². The Morgan fingerprint density at radius 3 is 2.77 bits per heavy atom. The summed E-state index contributed by atoms with van der Waals surface area (Å²) in [5.41, 5.74) is 5.16. The molecule has 1 aliphatic heterocycles. The molecule has 2 aromatic carbocycles. The Labute approximate surface area is 187 Å². The number of fused-ring (bicyclic) bond motifs is 1. The molecule has 0 spiro atoms. The number of nitrogens with one attached hydrogen (secondary N) is 2. The third kappa shape index (κ3) is 4.88. The number of carbonyl (C=O) groups excluding carboxylic acids is 2. The van der Waals surface area contributed by atoms with Crippen molar-refractivity contribution in [2.45, 2.75) is 50.5 Å². The molecule has 2 aliphatic rings. The predicted octanol–water partition coefficient (Wildman–Crippen LogP) is 4.56. The van der Waals surface area contributed by atoms with E-state index in [1.165, 1.54) is 16.0 Å². The number of aryl methyl sites for hydroxylation is 1. The van der Waals surface area contributed by atoms with Gasteiger partial charge in [-0.25, -0.2) is 4.79 Å². The zero-order valence-electron chi connectivity index (χ0n) is 18.1. The zero-order valence-corrected chi connectivity index (χ0v) is 18.9. The van der Waals surface area contributed by atoms with Gasteiger partial charge in [0.05, 0.1) is 6.61 Å². The van der Waals surface area contributed by atoms with Gasteiger partial charge in [-0.1, -0.05) is 18.2 Å². The topological polar surface area (TPSA) is 70.7 Å². The van der Waals surface area contributed by atoms with E-state index in [4.69, 9.17) is 4.74 Å². The second-order valence-corrected chi connectivity index (χ2v) is 8.92. The highest BCUT2D eigenvalue weighted by Crippen LogP contribution is 2.36. The molecule has 2 aromatic rings. The number of anilines is 1. The lowest BCUT2D eigenvalue weighted by Gasteiger charge is -2.18. The third-order valence-electron chi connectivity index (χ3n) is 5.93. The normalized spacial score (nSPS) is 17.5. The molecule has 1 aliphatic carbocycles. The minimum atomic E-state index is -0.230. The van der Waals surface area contributed by atoms with Gasteiger partial charge in [0.15, 0.2) is 0 Å². The van der Waals surface area contributed by atoms with Crippen LogP contribution in [0.4, 0.5) is 10.5 Å². The first-order valence-electron chi connectivity index (χ1n) is 10.9. The maximum atomic E-state index is 12.8. The summed E-state index contributed by atoms with van der Waals surface area (Å²) in [6.45, 7) is 5.57. The van der Waals surface area contributed by atoms with Gasteiger partial charge >= 0.3 is 6.09 Å². The van der Waals surface area contributed by atoms with Crippen molar-refractivity contribution in [3.05, 3.63) is 58.7 Å². The Morgan fingerprint density at radius 1 is 1.16 bits per heavy atom. The maximum absolute atomic E-state index is 12.8. The predicted molar refractivity (Wildman–Crippen MR) is 124 cm³/mol. The number of rotatable bonds is 6. The van der Waals surface area contributed by atoms with Crippen LogP contribution >= 0.6 is 11.9 Å². The molecule has 4 rings (SSSR count). The van der Waals surface area contributed by atoms with Crippen molar-refractivity contribution >= 4 is 29.6 Å². The number of hydrogen-bond donors (Lipinski definition) is 2. The molecule has 0 bridgehead atoms. The summed E-state index contributed by atoms with van der Waals surface area (Å²) in [5, 5.41) is 3.13. The van der Waals surface area contributed by atoms with Gasteiger partial charge in [-0.2, -0.15) is 0 Å². The van der Waals surface area contributed by atoms with Crippen LogP contribution in [0.15, 0.2) is 41.3 Å². The molecule has 2 N–H and O–H groups in total. The summed E-state index contributed by atoms with van der Waals surface area (Å²) in [6, 6.07) is 12.0. The average Bonchev–Trinajstić information content (AvgIpc) is 3.44. The first-order chi connectivity index (χ1) is 15.1. The highest BCUT2D eigenvalue weighted by Gasteiger charge is 2.28. The van der Waals surface area contributed by atoms with E-state index in [-0.39, 0.29) is 18.0 Å². The molecule has 2 amide bonds. The van der Waals surface area contributed by atoms with E-state index in [0.717, 1.165) is 43.5 Å². The van der Waals surface area contributed by atoms with Crippen LogP contribution in [-0.4, -0.2) is 42.6 Å². The number of ether oxygens (including phenoxy) is 1. The van der Waals surface area contributed by atoms with E-state index in [1.807, 2.05) is 44.2 Å². The van der Waals surface area contributed by atoms with Crippen LogP contribution in [0.3, 0.4) is 0 Å². The molecule has 0 saturated carbocycles. The lowest BCUT2D eigenvalue weighted by molar-refractivity contribution is 0.102. The monoisotopic (exact) mass is 439 g/mol. The molecule has 1 unspecified atom stereocenters. The van der Waals surface area contributed by atoms with Crippen molar-refractivity contribution < 1.29 is 14.3 Å². The summed E-state index contributed by atoms with van der Waals surface area (Å²) < 4.78 is 8.63. The van der Waals surface area contributed by atoms with Gasteiger partial charge in [0, 0.05) is 35.3 Å². The average molecular weight is 440 g/mol. The van der Waals surface area contributed by atoms with Crippen LogP contribution in [-0.2, 0) is 17.6 Å². The standard InChI is InChI=1S/C24H29N3O3S/c1-3-30-24(29)27-14-13-17(15-27)26-31-22-12-11-21(19-9-6-10-20(19)22)25-23(28)18-8-5-4-7-16(18)2/h4-5,7-8,11-12,17,26H,3,6,9-10,13-15H2,1-2H3,(H,25,28). The number of benzene rings is 2. The minimum Gasteiger partial charge on any atom is -0.450 e. The highest BCUT2D eigenvalue weighted by atomic mass is 32.2. The van der Waals surface area contributed by atoms with E-state index in [0.29, 0.717) is 18.7 Å². The van der Waals surface area contributed by atoms with Crippen LogP contribution in [0.25, 0.3) is 0 Å². The van der Waals surface area contributed by atoms with Crippen molar-refractivity contribution in [2.24, 2.45) is 0 Å². The fraction of sp³-hybridized carbons (Fsp3) is 0.417. The lowest BCUT2D eigenvalue weighted by atomic mass is 10.1. The van der Waals surface area contributed by atoms with E-state index in [1.54, 1.807) is 16.8 Å². The van der Waals surface area contributed by atoms with Gasteiger partial charge < -0.3 is 15.0 Å². The molecule has 0 aromatic heterocycles. The number of nitrogens with zero attached hydrogens (tertiary/aromatic N) is 1. The molecular formula is C24H29N3O3S. The van der Waals surface area contributed by atoms with E-state index < -0.39 is 0 Å². The second kappa shape index (κ2) is 9.75. The molecule has 1 saturated heterocycles. The molecule has 7 heteroatoms. The Morgan fingerprint density at radius 2 is 1.97 bits per heavy atom. The zero-order chi connectivity index (χ0) is 21.8. The second-order valence-electron chi connectivity index (χ2n) is 8.04. The first kappa shape index (κ1) is 21.7. The van der Waals surface area contributed by atoms with Crippen LogP contribution < -0.4 is 10.0 Å². The van der Waals surface area contributed by atoms with Crippen molar-refractivity contribution in [1.82, 2.24) is 9.62 Å². The van der Waals surface area contributed by atoms with E-state index in [2.05, 4.69) is 16.1 Å².